The van der Waals surface area contributed by atoms with Gasteiger partial charge in [0.15, 0.2) is 6.10 Å². The Balaban J connectivity index is 4.71. The number of unbranched alkanes of at least 4 members (excludes halogenated alkanes) is 9. The van der Waals surface area contributed by atoms with Gasteiger partial charge in [0.25, 0.3) is 0 Å². The predicted molar refractivity (Wildman–Crippen MR) is 260 cm³/mol. The first-order valence-electron chi connectivity index (χ1n) is 23.1. The summed E-state index contributed by atoms with van der Waals surface area (Å²) in [6.07, 6.45) is 69.6. The molecule has 6 nitrogen and oxygen atoms in total. The van der Waals surface area contributed by atoms with Gasteiger partial charge in [0.2, 0.25) is 0 Å². The highest BCUT2D eigenvalue weighted by molar-refractivity contribution is 5.71. The van der Waals surface area contributed by atoms with E-state index in [1.54, 1.807) is 0 Å². The van der Waals surface area contributed by atoms with Gasteiger partial charge in [-0.3, -0.25) is 14.4 Å². The van der Waals surface area contributed by atoms with Crippen LogP contribution in [-0.4, -0.2) is 37.2 Å². The second-order valence-corrected chi connectivity index (χ2v) is 14.4. The predicted octanol–water partition coefficient (Wildman–Crippen LogP) is 15.1. The Hall–Kier alpha value is -4.97. The van der Waals surface area contributed by atoms with Crippen LogP contribution in [0.25, 0.3) is 0 Å². The number of hydrogen-bond donors (Lipinski definition) is 0. The average Bonchev–Trinajstić information content (AvgIpc) is 3.26. The maximum Gasteiger partial charge on any atom is 0.306 e. The molecule has 0 saturated heterocycles. The second kappa shape index (κ2) is 47.7. The van der Waals surface area contributed by atoms with Crippen LogP contribution in [0.1, 0.15) is 149 Å². The molecule has 0 aliphatic rings. The molecule has 1 atom stereocenters. The van der Waals surface area contributed by atoms with E-state index in [2.05, 4.69) is 69.4 Å². The lowest BCUT2D eigenvalue weighted by atomic mass is 10.1. The van der Waals surface area contributed by atoms with Crippen molar-refractivity contribution >= 4 is 17.9 Å². The first kappa shape index (κ1) is 56.0. The highest BCUT2D eigenvalue weighted by atomic mass is 16.6. The molecule has 6 heteroatoms. The molecule has 0 fully saturated rings. The van der Waals surface area contributed by atoms with Crippen molar-refractivity contribution in [3.8, 4) is 0 Å². The van der Waals surface area contributed by atoms with Crippen LogP contribution < -0.4 is 0 Å². The second-order valence-electron chi connectivity index (χ2n) is 14.4. The standard InChI is InChI=1S/C55H80O6/c1-4-7-10-13-16-19-22-25-26-27-28-31-33-36-39-42-45-48-54(57)60-51-52(61-55(58)49-46-43-40-37-34-30-24-21-18-15-12-9-6-3)50-59-53(56)47-44-41-38-35-32-29-23-20-17-14-11-8-5-2/h8-9,11-12,14-15,17-18,20-21,23-26,28-32,34-40,52H,4-7,10,13,16,19,22,27,33,41-51H2,1-3H3/b11-8+,12-9+,17-14+,18-15+,23-20+,24-21+,26-25+,31-28+,32-29+,34-30+,38-35+,39-36+,40-37+. The smallest absolute Gasteiger partial charge is 0.306 e. The van der Waals surface area contributed by atoms with E-state index in [-0.39, 0.29) is 44.4 Å². The molecule has 0 aromatic carbocycles. The molecule has 0 spiro atoms. The van der Waals surface area contributed by atoms with Gasteiger partial charge < -0.3 is 14.2 Å². The van der Waals surface area contributed by atoms with Gasteiger partial charge in [-0.25, -0.2) is 0 Å². The lowest BCUT2D eigenvalue weighted by molar-refractivity contribution is -0.166. The summed E-state index contributed by atoms with van der Waals surface area (Å²) in [4.78, 5) is 37.7. The molecule has 0 aliphatic heterocycles. The van der Waals surface area contributed by atoms with E-state index >= 15 is 0 Å². The van der Waals surface area contributed by atoms with Gasteiger partial charge in [0.1, 0.15) is 13.2 Å². The number of esters is 3. The minimum atomic E-state index is -0.871. The van der Waals surface area contributed by atoms with E-state index < -0.39 is 12.1 Å². The highest BCUT2D eigenvalue weighted by Gasteiger charge is 2.19. The number of carbonyl (C=O) groups excluding carboxylic acids is 3. The lowest BCUT2D eigenvalue weighted by Gasteiger charge is -2.18. The minimum absolute atomic E-state index is 0.164. The molecule has 0 N–H and O–H groups in total. The van der Waals surface area contributed by atoms with Crippen molar-refractivity contribution in [3.63, 3.8) is 0 Å². The van der Waals surface area contributed by atoms with Gasteiger partial charge in [-0.2, -0.15) is 0 Å². The van der Waals surface area contributed by atoms with Crippen LogP contribution in [0.5, 0.6) is 0 Å². The van der Waals surface area contributed by atoms with E-state index in [9.17, 15) is 14.4 Å². The van der Waals surface area contributed by atoms with E-state index in [1.807, 2.05) is 109 Å². The van der Waals surface area contributed by atoms with Crippen LogP contribution >= 0.6 is 0 Å². The van der Waals surface area contributed by atoms with E-state index in [1.165, 1.54) is 44.9 Å². The summed E-state index contributed by atoms with van der Waals surface area (Å²) in [5.41, 5.74) is 0. The van der Waals surface area contributed by atoms with Crippen LogP contribution in [0.15, 0.2) is 158 Å². The fourth-order valence-corrected chi connectivity index (χ4v) is 5.34. The summed E-state index contributed by atoms with van der Waals surface area (Å²) < 4.78 is 16.5. The Morgan fingerprint density at radius 3 is 1.15 bits per heavy atom. The number of hydrogen-bond acceptors (Lipinski definition) is 6. The van der Waals surface area contributed by atoms with Gasteiger partial charge in [-0.1, -0.05) is 211 Å². The van der Waals surface area contributed by atoms with Crippen molar-refractivity contribution < 1.29 is 28.6 Å². The zero-order valence-corrected chi connectivity index (χ0v) is 38.1. The SMILES string of the molecule is CC/C=C/C=C/C=C/C=C/C=C/CCCC(=O)OCC(COC(=O)CCC/C=C/C/C=C/C/C=C/CCCCCCCC)OC(=O)CCC/C=C/C=C/C=C/C=C/C=C/CC. The third-order valence-corrected chi connectivity index (χ3v) is 8.75. The molecule has 0 radical (unpaired) electrons. The van der Waals surface area contributed by atoms with Crippen LogP contribution in [-0.2, 0) is 28.6 Å². The first-order valence-corrected chi connectivity index (χ1v) is 23.1. The molecule has 0 aromatic heterocycles. The Bertz CT molecular complexity index is 1470. The van der Waals surface area contributed by atoms with Gasteiger partial charge in [-0.05, 0) is 77.0 Å². The van der Waals surface area contributed by atoms with Crippen molar-refractivity contribution in [3.05, 3.63) is 158 Å². The number of allylic oxidation sites excluding steroid dienone is 26. The van der Waals surface area contributed by atoms with Crippen molar-refractivity contribution in [1.82, 2.24) is 0 Å². The van der Waals surface area contributed by atoms with Crippen molar-refractivity contribution in [2.75, 3.05) is 13.2 Å². The van der Waals surface area contributed by atoms with Gasteiger partial charge in [-0.15, -0.1) is 0 Å². The monoisotopic (exact) mass is 837 g/mol. The topological polar surface area (TPSA) is 78.9 Å². The quantitative estimate of drug-likeness (QED) is 0.0203. The molecule has 0 aliphatic carbocycles. The molecule has 0 amide bonds. The zero-order valence-electron chi connectivity index (χ0n) is 38.1. The third-order valence-electron chi connectivity index (χ3n) is 8.75. The first-order chi connectivity index (χ1) is 30.0. The summed E-state index contributed by atoms with van der Waals surface area (Å²) >= 11 is 0. The van der Waals surface area contributed by atoms with Crippen molar-refractivity contribution in [2.45, 2.75) is 155 Å². The zero-order chi connectivity index (χ0) is 44.4. The van der Waals surface area contributed by atoms with Crippen LogP contribution in [0.3, 0.4) is 0 Å². The Kier molecular flexibility index (Phi) is 43.8. The minimum Gasteiger partial charge on any atom is -0.462 e. The molecule has 61 heavy (non-hydrogen) atoms. The van der Waals surface area contributed by atoms with Gasteiger partial charge in [0, 0.05) is 19.3 Å². The summed E-state index contributed by atoms with van der Waals surface area (Å²) in [6, 6.07) is 0. The van der Waals surface area contributed by atoms with E-state index in [0.717, 1.165) is 38.5 Å². The molecule has 0 saturated carbocycles. The average molecular weight is 837 g/mol. The summed E-state index contributed by atoms with van der Waals surface area (Å²) in [5.74, 6) is -1.18. The van der Waals surface area contributed by atoms with E-state index in [0.29, 0.717) is 25.7 Å². The number of rotatable bonds is 38. The lowest BCUT2D eigenvalue weighted by Crippen LogP contribution is -2.30. The van der Waals surface area contributed by atoms with Crippen LogP contribution in [0.4, 0.5) is 0 Å². The normalized spacial score (nSPS) is 13.6. The molecule has 336 valence electrons. The maximum absolute atomic E-state index is 12.7. The molecule has 0 bridgehead atoms. The Morgan fingerprint density at radius 2 is 0.705 bits per heavy atom. The van der Waals surface area contributed by atoms with Crippen molar-refractivity contribution in [1.29, 1.82) is 0 Å². The Morgan fingerprint density at radius 1 is 0.361 bits per heavy atom. The molecular weight excluding hydrogens is 757 g/mol. The fraction of sp³-hybridized carbons (Fsp3) is 0.473. The van der Waals surface area contributed by atoms with Gasteiger partial charge in [0.05, 0.1) is 0 Å². The molecule has 0 aromatic rings. The number of ether oxygens (including phenoxy) is 3. The fourth-order valence-electron chi connectivity index (χ4n) is 5.34. The molecule has 0 heterocycles. The maximum atomic E-state index is 12.7. The molecule has 0 rings (SSSR count). The Labute approximate surface area is 371 Å². The van der Waals surface area contributed by atoms with Crippen LogP contribution in [0.2, 0.25) is 0 Å². The largest absolute Gasteiger partial charge is 0.462 e. The summed E-state index contributed by atoms with van der Waals surface area (Å²) in [7, 11) is 0. The highest BCUT2D eigenvalue weighted by Crippen LogP contribution is 2.09. The molecular formula is C55H80O6. The number of carbonyl (C=O) groups is 3. The summed E-state index contributed by atoms with van der Waals surface area (Å²) in [6.45, 7) is 6.12. The third kappa shape index (κ3) is 46.0. The molecule has 1 unspecified atom stereocenters. The van der Waals surface area contributed by atoms with Crippen molar-refractivity contribution in [2.24, 2.45) is 0 Å². The summed E-state index contributed by atoms with van der Waals surface area (Å²) in [5, 5.41) is 0. The van der Waals surface area contributed by atoms with Gasteiger partial charge >= 0.3 is 17.9 Å². The van der Waals surface area contributed by atoms with E-state index in [4.69, 9.17) is 14.2 Å². The van der Waals surface area contributed by atoms with Crippen LogP contribution in [0, 0.1) is 0 Å².